The SMILES string of the molecule is COc1ccc(OC2CCCN(C(=O)c3cc(C4CC4)on3)C2)nn1. The van der Waals surface area contributed by atoms with Crippen molar-refractivity contribution in [3.63, 3.8) is 0 Å². The van der Waals surface area contributed by atoms with Crippen molar-refractivity contribution in [3.05, 3.63) is 29.7 Å². The average molecular weight is 344 g/mol. The van der Waals surface area contributed by atoms with Crippen molar-refractivity contribution in [2.75, 3.05) is 20.2 Å². The van der Waals surface area contributed by atoms with Gasteiger partial charge in [0.05, 0.1) is 13.7 Å². The maximum Gasteiger partial charge on any atom is 0.276 e. The minimum atomic E-state index is -0.116. The highest BCUT2D eigenvalue weighted by molar-refractivity contribution is 5.92. The Morgan fingerprint density at radius 2 is 2.04 bits per heavy atom. The molecule has 0 bridgehead atoms. The largest absolute Gasteiger partial charge is 0.480 e. The van der Waals surface area contributed by atoms with Crippen LogP contribution in [0.2, 0.25) is 0 Å². The Morgan fingerprint density at radius 1 is 1.24 bits per heavy atom. The zero-order valence-electron chi connectivity index (χ0n) is 14.1. The van der Waals surface area contributed by atoms with E-state index >= 15 is 0 Å². The molecule has 0 spiro atoms. The molecule has 1 atom stereocenters. The van der Waals surface area contributed by atoms with Gasteiger partial charge in [-0.05, 0) is 25.7 Å². The number of likely N-dealkylation sites (tertiary alicyclic amines) is 1. The van der Waals surface area contributed by atoms with E-state index < -0.39 is 0 Å². The van der Waals surface area contributed by atoms with Gasteiger partial charge in [0.25, 0.3) is 5.91 Å². The minimum Gasteiger partial charge on any atom is -0.480 e. The van der Waals surface area contributed by atoms with Crippen molar-refractivity contribution in [1.82, 2.24) is 20.3 Å². The van der Waals surface area contributed by atoms with Gasteiger partial charge in [0.15, 0.2) is 5.69 Å². The molecule has 2 fully saturated rings. The molecule has 2 aliphatic rings. The fraction of sp³-hybridized carbons (Fsp3) is 0.529. The third-order valence-corrected chi connectivity index (χ3v) is 4.50. The van der Waals surface area contributed by atoms with Gasteiger partial charge < -0.3 is 18.9 Å². The quantitative estimate of drug-likeness (QED) is 0.819. The summed E-state index contributed by atoms with van der Waals surface area (Å²) in [6.07, 6.45) is 3.85. The van der Waals surface area contributed by atoms with Crippen LogP contribution >= 0.6 is 0 Å². The molecule has 0 aromatic carbocycles. The standard InChI is InChI=1S/C17H20N4O4/c1-23-15-6-7-16(19-18-15)24-12-3-2-8-21(10-12)17(22)13-9-14(25-20-13)11-4-5-11/h6-7,9,11-12H,2-5,8,10H2,1H3. The fourth-order valence-corrected chi connectivity index (χ4v) is 2.98. The van der Waals surface area contributed by atoms with E-state index in [4.69, 9.17) is 14.0 Å². The highest BCUT2D eigenvalue weighted by Crippen LogP contribution is 2.40. The van der Waals surface area contributed by atoms with Crippen molar-refractivity contribution in [2.45, 2.75) is 37.7 Å². The Kier molecular flexibility index (Phi) is 4.25. The van der Waals surface area contributed by atoms with Crippen molar-refractivity contribution in [2.24, 2.45) is 0 Å². The smallest absolute Gasteiger partial charge is 0.276 e. The first-order chi connectivity index (χ1) is 12.2. The minimum absolute atomic E-state index is 0.107. The summed E-state index contributed by atoms with van der Waals surface area (Å²) in [5, 5.41) is 11.8. The lowest BCUT2D eigenvalue weighted by atomic mass is 10.1. The van der Waals surface area contributed by atoms with Gasteiger partial charge >= 0.3 is 0 Å². The first-order valence-electron chi connectivity index (χ1n) is 8.53. The first kappa shape index (κ1) is 15.9. The number of ether oxygens (including phenoxy) is 2. The number of nitrogens with zero attached hydrogens (tertiary/aromatic N) is 4. The Balaban J connectivity index is 1.38. The van der Waals surface area contributed by atoms with Crippen LogP contribution in [0.1, 0.15) is 47.8 Å². The van der Waals surface area contributed by atoms with E-state index in [1.54, 1.807) is 23.1 Å². The van der Waals surface area contributed by atoms with Crippen molar-refractivity contribution in [3.8, 4) is 11.8 Å². The molecule has 0 radical (unpaired) electrons. The van der Waals surface area contributed by atoms with Gasteiger partial charge in [-0.25, -0.2) is 0 Å². The summed E-state index contributed by atoms with van der Waals surface area (Å²) in [6, 6.07) is 5.19. The number of carbonyl (C=O) groups is 1. The van der Waals surface area contributed by atoms with E-state index in [1.165, 1.54) is 7.11 Å². The summed E-state index contributed by atoms with van der Waals surface area (Å²) < 4.78 is 16.1. The molecule has 3 heterocycles. The second-order valence-corrected chi connectivity index (χ2v) is 6.44. The number of hydrogen-bond acceptors (Lipinski definition) is 7. The third kappa shape index (κ3) is 3.57. The van der Waals surface area contributed by atoms with Crippen LogP contribution in [-0.2, 0) is 0 Å². The zero-order chi connectivity index (χ0) is 17.2. The van der Waals surface area contributed by atoms with Gasteiger partial charge in [-0.3, -0.25) is 4.79 Å². The monoisotopic (exact) mass is 344 g/mol. The Morgan fingerprint density at radius 3 is 2.76 bits per heavy atom. The Labute approximate surface area is 145 Å². The molecule has 1 aliphatic carbocycles. The van der Waals surface area contributed by atoms with Crippen LogP contribution < -0.4 is 9.47 Å². The maximum absolute atomic E-state index is 12.6. The second-order valence-electron chi connectivity index (χ2n) is 6.44. The maximum atomic E-state index is 12.6. The average Bonchev–Trinajstić information content (AvgIpc) is 3.39. The zero-order valence-corrected chi connectivity index (χ0v) is 14.1. The second kappa shape index (κ2) is 6.70. The third-order valence-electron chi connectivity index (χ3n) is 4.50. The number of aromatic nitrogens is 3. The summed E-state index contributed by atoms with van der Waals surface area (Å²) in [6.45, 7) is 1.19. The van der Waals surface area contributed by atoms with Gasteiger partial charge in [0, 0.05) is 30.7 Å². The number of hydrogen-bond donors (Lipinski definition) is 0. The van der Waals surface area contributed by atoms with Gasteiger partial charge in [-0.2, -0.15) is 0 Å². The van der Waals surface area contributed by atoms with Gasteiger partial charge in [-0.1, -0.05) is 5.16 Å². The molecule has 0 N–H and O–H groups in total. The lowest BCUT2D eigenvalue weighted by molar-refractivity contribution is 0.0516. The normalized spacial score (nSPS) is 20.4. The number of amides is 1. The molecular formula is C17H20N4O4. The van der Waals surface area contributed by atoms with E-state index in [9.17, 15) is 4.79 Å². The molecule has 132 valence electrons. The Bertz CT molecular complexity index is 741. The lowest BCUT2D eigenvalue weighted by Crippen LogP contribution is -2.44. The van der Waals surface area contributed by atoms with Crippen molar-refractivity contribution >= 4 is 5.91 Å². The highest BCUT2D eigenvalue weighted by Gasteiger charge is 2.31. The van der Waals surface area contributed by atoms with Crippen LogP contribution in [0.3, 0.4) is 0 Å². The predicted molar refractivity (Wildman–Crippen MR) is 86.6 cm³/mol. The predicted octanol–water partition coefficient (Wildman–Crippen LogP) is 2.03. The summed E-state index contributed by atoms with van der Waals surface area (Å²) in [5.74, 6) is 2.02. The molecule has 8 heteroatoms. The molecule has 2 aromatic rings. The van der Waals surface area contributed by atoms with Crippen LogP contribution in [0.15, 0.2) is 22.7 Å². The van der Waals surface area contributed by atoms with E-state index in [2.05, 4.69) is 15.4 Å². The van der Waals surface area contributed by atoms with Crippen LogP contribution in [0, 0.1) is 0 Å². The lowest BCUT2D eigenvalue weighted by Gasteiger charge is -2.32. The first-order valence-corrected chi connectivity index (χ1v) is 8.53. The number of carbonyl (C=O) groups excluding carboxylic acids is 1. The molecular weight excluding hydrogens is 324 g/mol. The molecule has 1 aliphatic heterocycles. The number of methoxy groups -OCH3 is 1. The summed E-state index contributed by atoms with van der Waals surface area (Å²) in [7, 11) is 1.54. The topological polar surface area (TPSA) is 90.6 Å². The van der Waals surface area contributed by atoms with Crippen LogP contribution in [-0.4, -0.2) is 52.5 Å². The fourth-order valence-electron chi connectivity index (χ4n) is 2.98. The highest BCUT2D eigenvalue weighted by atomic mass is 16.5. The Hall–Kier alpha value is -2.64. The molecule has 4 rings (SSSR count). The van der Waals surface area contributed by atoms with Gasteiger partial charge in [-0.15, -0.1) is 10.2 Å². The van der Waals surface area contributed by atoms with Gasteiger partial charge in [0.1, 0.15) is 11.9 Å². The molecule has 1 unspecified atom stereocenters. The van der Waals surface area contributed by atoms with Crippen LogP contribution in [0.5, 0.6) is 11.8 Å². The van der Waals surface area contributed by atoms with Gasteiger partial charge in [0.2, 0.25) is 11.8 Å². The molecule has 8 nitrogen and oxygen atoms in total. The van der Waals surface area contributed by atoms with E-state index in [0.717, 1.165) is 31.4 Å². The number of rotatable bonds is 5. The molecule has 1 saturated heterocycles. The van der Waals surface area contributed by atoms with E-state index in [-0.39, 0.29) is 12.0 Å². The molecule has 1 saturated carbocycles. The van der Waals surface area contributed by atoms with Crippen LogP contribution in [0.4, 0.5) is 0 Å². The van der Waals surface area contributed by atoms with Crippen LogP contribution in [0.25, 0.3) is 0 Å². The summed E-state index contributed by atoms with van der Waals surface area (Å²) >= 11 is 0. The molecule has 2 aromatic heterocycles. The van der Waals surface area contributed by atoms with E-state index in [1.807, 2.05) is 0 Å². The molecule has 25 heavy (non-hydrogen) atoms. The number of piperidine rings is 1. The van der Waals surface area contributed by atoms with Crippen molar-refractivity contribution in [1.29, 1.82) is 0 Å². The molecule has 1 amide bonds. The summed E-state index contributed by atoms with van der Waals surface area (Å²) in [5.41, 5.74) is 0.381. The summed E-state index contributed by atoms with van der Waals surface area (Å²) in [4.78, 5) is 14.4. The van der Waals surface area contributed by atoms with Crippen molar-refractivity contribution < 1.29 is 18.8 Å². The van der Waals surface area contributed by atoms with E-state index in [0.29, 0.717) is 36.5 Å².